The van der Waals surface area contributed by atoms with E-state index in [0.29, 0.717) is 37.4 Å². The summed E-state index contributed by atoms with van der Waals surface area (Å²) in [5.41, 5.74) is 0.910. The molecule has 3 N–H and O–H groups in total. The van der Waals surface area contributed by atoms with Gasteiger partial charge in [-0.2, -0.15) is 0 Å². The Hall–Kier alpha value is -1.97. The van der Waals surface area contributed by atoms with Gasteiger partial charge in [-0.05, 0) is 24.6 Å². The summed E-state index contributed by atoms with van der Waals surface area (Å²) < 4.78 is 23.0. The number of nitrogens with zero attached hydrogens (tertiary/aromatic N) is 2. The van der Waals surface area contributed by atoms with Crippen molar-refractivity contribution in [1.29, 1.82) is 0 Å². The van der Waals surface area contributed by atoms with Crippen LogP contribution in [0.15, 0.2) is 23.1 Å². The molecule has 0 atom stereocenters. The van der Waals surface area contributed by atoms with Gasteiger partial charge in [0.15, 0.2) is 0 Å². The number of sulfonamides is 1. The number of rotatable bonds is 4. The van der Waals surface area contributed by atoms with Crippen molar-refractivity contribution >= 4 is 27.5 Å². The third-order valence-electron chi connectivity index (χ3n) is 3.96. The number of hydrogen-bond acceptors (Lipinski definition) is 5. The molecule has 1 saturated heterocycles. The van der Waals surface area contributed by atoms with E-state index in [2.05, 4.69) is 5.32 Å². The lowest BCUT2D eigenvalue weighted by Gasteiger charge is -2.33. The van der Waals surface area contributed by atoms with Gasteiger partial charge in [-0.15, -0.1) is 0 Å². The van der Waals surface area contributed by atoms with Crippen LogP contribution in [-0.4, -0.2) is 62.8 Å². The number of primary sulfonamides is 1. The molecule has 24 heavy (non-hydrogen) atoms. The number of benzene rings is 1. The van der Waals surface area contributed by atoms with Crippen molar-refractivity contribution in [1.82, 2.24) is 9.80 Å². The van der Waals surface area contributed by atoms with Crippen LogP contribution in [0.5, 0.6) is 0 Å². The van der Waals surface area contributed by atoms with Crippen LogP contribution >= 0.6 is 0 Å². The predicted molar refractivity (Wildman–Crippen MR) is 89.9 cm³/mol. The summed E-state index contributed by atoms with van der Waals surface area (Å²) in [6.07, 6.45) is 0. The fourth-order valence-corrected chi connectivity index (χ4v) is 3.42. The molecule has 0 aromatic heterocycles. The minimum Gasteiger partial charge on any atom is -0.340 e. The van der Waals surface area contributed by atoms with E-state index in [1.54, 1.807) is 24.0 Å². The first-order chi connectivity index (χ1) is 11.2. The van der Waals surface area contributed by atoms with E-state index in [9.17, 15) is 18.0 Å². The standard InChI is InChI=1S/C15H22N4O4S/c1-11-3-4-13(9-14(11)24(16,22)23)17-15(21)10-18-5-7-19(8-6-18)12(2)20/h3-4,9H,5-8,10H2,1-2H3,(H,17,21)(H2,16,22,23). The Morgan fingerprint density at radius 2 is 1.83 bits per heavy atom. The van der Waals surface area contributed by atoms with Crippen molar-refractivity contribution in [3.05, 3.63) is 23.8 Å². The van der Waals surface area contributed by atoms with Gasteiger partial charge in [-0.1, -0.05) is 6.07 Å². The Morgan fingerprint density at radius 1 is 1.21 bits per heavy atom. The maximum Gasteiger partial charge on any atom is 0.238 e. The fraction of sp³-hybridized carbons (Fsp3) is 0.467. The van der Waals surface area contributed by atoms with Gasteiger partial charge in [0.25, 0.3) is 0 Å². The number of anilines is 1. The highest BCUT2D eigenvalue weighted by Gasteiger charge is 2.20. The molecule has 2 rings (SSSR count). The van der Waals surface area contributed by atoms with Gasteiger partial charge in [-0.25, -0.2) is 13.6 Å². The lowest BCUT2D eigenvalue weighted by molar-refractivity contribution is -0.130. The van der Waals surface area contributed by atoms with Crippen LogP contribution in [0.25, 0.3) is 0 Å². The highest BCUT2D eigenvalue weighted by atomic mass is 32.2. The van der Waals surface area contributed by atoms with Crippen molar-refractivity contribution in [3.63, 3.8) is 0 Å². The average Bonchev–Trinajstić information content (AvgIpc) is 2.48. The fourth-order valence-electron chi connectivity index (χ4n) is 2.61. The molecule has 0 unspecified atom stereocenters. The van der Waals surface area contributed by atoms with E-state index >= 15 is 0 Å². The topological polar surface area (TPSA) is 113 Å². The Bertz CT molecular complexity index is 740. The van der Waals surface area contributed by atoms with E-state index in [-0.39, 0.29) is 23.3 Å². The summed E-state index contributed by atoms with van der Waals surface area (Å²) in [6, 6.07) is 4.59. The van der Waals surface area contributed by atoms with Crippen LogP contribution in [-0.2, 0) is 19.6 Å². The second-order valence-electron chi connectivity index (χ2n) is 5.86. The number of hydrogen-bond donors (Lipinski definition) is 2. The SMILES string of the molecule is CC(=O)N1CCN(CC(=O)Nc2ccc(C)c(S(N)(=O)=O)c2)CC1. The Labute approximate surface area is 141 Å². The summed E-state index contributed by atoms with van der Waals surface area (Å²) in [4.78, 5) is 27.1. The molecule has 132 valence electrons. The average molecular weight is 354 g/mol. The first kappa shape index (κ1) is 18.4. The molecule has 1 aromatic rings. The number of carbonyl (C=O) groups is 2. The first-order valence-electron chi connectivity index (χ1n) is 7.58. The Balaban J connectivity index is 1.95. The molecular formula is C15H22N4O4S. The van der Waals surface area contributed by atoms with E-state index in [1.807, 2.05) is 4.90 Å². The summed E-state index contributed by atoms with van der Waals surface area (Å²) in [5.74, 6) is -0.204. The second kappa shape index (κ2) is 7.29. The smallest absolute Gasteiger partial charge is 0.238 e. The predicted octanol–water partition coefficient (Wildman–Crippen LogP) is -0.255. The summed E-state index contributed by atoms with van der Waals surface area (Å²) in [5, 5.41) is 7.84. The zero-order chi connectivity index (χ0) is 17.9. The molecule has 0 bridgehead atoms. The van der Waals surface area contributed by atoms with Crippen molar-refractivity contribution in [3.8, 4) is 0 Å². The van der Waals surface area contributed by atoms with Gasteiger partial charge in [0.1, 0.15) is 0 Å². The number of nitrogens with two attached hydrogens (primary N) is 1. The van der Waals surface area contributed by atoms with Crippen LogP contribution in [0.4, 0.5) is 5.69 Å². The molecule has 1 heterocycles. The highest BCUT2D eigenvalue weighted by Crippen LogP contribution is 2.19. The van der Waals surface area contributed by atoms with Gasteiger partial charge in [0, 0.05) is 38.8 Å². The molecule has 0 aliphatic carbocycles. The quantitative estimate of drug-likeness (QED) is 0.774. The van der Waals surface area contributed by atoms with Gasteiger partial charge < -0.3 is 10.2 Å². The van der Waals surface area contributed by atoms with Crippen molar-refractivity contribution in [2.75, 3.05) is 38.0 Å². The lowest BCUT2D eigenvalue weighted by atomic mass is 10.2. The van der Waals surface area contributed by atoms with Crippen LogP contribution in [0, 0.1) is 6.92 Å². The van der Waals surface area contributed by atoms with Crippen molar-refractivity contribution < 1.29 is 18.0 Å². The summed E-state index contributed by atoms with van der Waals surface area (Å²) in [6.45, 7) is 5.81. The number of amides is 2. The molecule has 2 amide bonds. The highest BCUT2D eigenvalue weighted by molar-refractivity contribution is 7.89. The molecule has 1 aliphatic rings. The second-order valence-corrected chi connectivity index (χ2v) is 7.39. The third-order valence-corrected chi connectivity index (χ3v) is 5.02. The number of nitrogens with one attached hydrogen (secondary N) is 1. The molecule has 0 saturated carbocycles. The molecule has 0 radical (unpaired) electrons. The maximum absolute atomic E-state index is 12.1. The monoisotopic (exact) mass is 354 g/mol. The Morgan fingerprint density at radius 3 is 2.38 bits per heavy atom. The van der Waals surface area contributed by atoms with E-state index in [4.69, 9.17) is 5.14 Å². The molecule has 1 aromatic carbocycles. The summed E-state index contributed by atoms with van der Waals surface area (Å²) in [7, 11) is -3.83. The number of piperazine rings is 1. The first-order valence-corrected chi connectivity index (χ1v) is 9.12. The maximum atomic E-state index is 12.1. The molecule has 9 heteroatoms. The largest absolute Gasteiger partial charge is 0.340 e. The van der Waals surface area contributed by atoms with Crippen LogP contribution in [0.1, 0.15) is 12.5 Å². The normalized spacial score (nSPS) is 16.0. The summed E-state index contributed by atoms with van der Waals surface area (Å²) >= 11 is 0. The van der Waals surface area contributed by atoms with Gasteiger partial charge in [0.2, 0.25) is 21.8 Å². The number of aryl methyl sites for hydroxylation is 1. The van der Waals surface area contributed by atoms with E-state index in [1.165, 1.54) is 13.0 Å². The van der Waals surface area contributed by atoms with Crippen molar-refractivity contribution in [2.45, 2.75) is 18.7 Å². The molecule has 1 aliphatic heterocycles. The third kappa shape index (κ3) is 4.76. The minimum absolute atomic E-state index is 0.00428. The van der Waals surface area contributed by atoms with Crippen LogP contribution in [0.3, 0.4) is 0 Å². The Kier molecular flexibility index (Phi) is 5.58. The molecule has 0 spiro atoms. The lowest BCUT2D eigenvalue weighted by Crippen LogP contribution is -2.49. The molecule has 1 fully saturated rings. The molecular weight excluding hydrogens is 332 g/mol. The van der Waals surface area contributed by atoms with E-state index < -0.39 is 10.0 Å². The van der Waals surface area contributed by atoms with E-state index in [0.717, 1.165) is 0 Å². The van der Waals surface area contributed by atoms with Gasteiger partial charge in [-0.3, -0.25) is 14.5 Å². The van der Waals surface area contributed by atoms with Gasteiger partial charge >= 0.3 is 0 Å². The minimum atomic E-state index is -3.83. The van der Waals surface area contributed by atoms with Crippen LogP contribution < -0.4 is 10.5 Å². The molecule has 8 nitrogen and oxygen atoms in total. The van der Waals surface area contributed by atoms with Crippen molar-refractivity contribution in [2.24, 2.45) is 5.14 Å². The van der Waals surface area contributed by atoms with Crippen LogP contribution in [0.2, 0.25) is 0 Å². The van der Waals surface area contributed by atoms with Gasteiger partial charge in [0.05, 0.1) is 11.4 Å². The zero-order valence-corrected chi connectivity index (χ0v) is 14.6. The number of carbonyl (C=O) groups excluding carboxylic acids is 2. The zero-order valence-electron chi connectivity index (χ0n) is 13.8.